The monoisotopic (exact) mass is 504 g/mol. The smallest absolute Gasteiger partial charge is 0.273 e. The van der Waals surface area contributed by atoms with E-state index >= 15 is 0 Å². The van der Waals surface area contributed by atoms with Crippen LogP contribution in [0.15, 0.2) is 40.9 Å². The van der Waals surface area contributed by atoms with Gasteiger partial charge in [-0.25, -0.2) is 8.42 Å². The van der Waals surface area contributed by atoms with E-state index < -0.39 is 22.4 Å². The molecule has 0 atom stereocenters. The van der Waals surface area contributed by atoms with Crippen LogP contribution in [0.4, 0.5) is 0 Å². The van der Waals surface area contributed by atoms with Crippen LogP contribution < -0.4 is 16.0 Å². The third-order valence-corrected chi connectivity index (χ3v) is 6.97. The van der Waals surface area contributed by atoms with E-state index in [1.807, 2.05) is 19.9 Å². The summed E-state index contributed by atoms with van der Waals surface area (Å²) in [6.45, 7) is 5.31. The largest absolute Gasteiger partial charge is 0.395 e. The number of sulfone groups is 1. The Labute approximate surface area is 199 Å². The summed E-state index contributed by atoms with van der Waals surface area (Å²) in [5.41, 5.74) is 2.21. The predicted molar refractivity (Wildman–Crippen MR) is 130 cm³/mol. The first-order chi connectivity index (χ1) is 15.0. The second kappa shape index (κ2) is 13.5. The number of carbonyl (C=O) groups excluding carboxylic acids is 1. The summed E-state index contributed by atoms with van der Waals surface area (Å²) in [7, 11) is -3.44. The van der Waals surface area contributed by atoms with Gasteiger partial charge in [-0.3, -0.25) is 4.79 Å². The van der Waals surface area contributed by atoms with Crippen LogP contribution in [0.3, 0.4) is 0 Å². The van der Waals surface area contributed by atoms with Crippen molar-refractivity contribution in [3.63, 3.8) is 0 Å². The first kappa shape index (κ1) is 28.0. The molecule has 0 aliphatic rings. The number of allylic oxidation sites excluding steroid dienone is 2. The molecule has 1 aromatic carbocycles. The maximum atomic E-state index is 12.9. The van der Waals surface area contributed by atoms with Gasteiger partial charge in [0.2, 0.25) is 0 Å². The number of benzene rings is 1. The molecule has 1 rings (SSSR count). The summed E-state index contributed by atoms with van der Waals surface area (Å²) in [6.07, 6.45) is 1.70. The summed E-state index contributed by atoms with van der Waals surface area (Å²) in [5.74, 6) is -0.587. The molecule has 0 aliphatic carbocycles. The number of amides is 1. The van der Waals surface area contributed by atoms with Gasteiger partial charge in [-0.05, 0) is 49.1 Å². The first-order valence-corrected chi connectivity index (χ1v) is 12.6. The molecule has 32 heavy (non-hydrogen) atoms. The highest BCUT2D eigenvalue weighted by Crippen LogP contribution is 2.22. The number of aliphatic hydroxyl groups is 1. The normalized spacial score (nSPS) is 13.1. The predicted octanol–water partition coefficient (Wildman–Crippen LogP) is 2.76. The van der Waals surface area contributed by atoms with Crippen LogP contribution in [0.1, 0.15) is 32.8 Å². The van der Waals surface area contributed by atoms with Crippen LogP contribution >= 0.6 is 23.2 Å². The SMILES string of the molecule is CC/C(C)=C(/NCc1ccc(Cl)c(Cl)c1)NC(=O)/C(NCCS(=O)(=O)CCO)=C(\C)C=N. The Morgan fingerprint density at radius 2 is 1.84 bits per heavy atom. The lowest BCUT2D eigenvalue weighted by Gasteiger charge is -2.19. The van der Waals surface area contributed by atoms with E-state index in [9.17, 15) is 13.2 Å². The van der Waals surface area contributed by atoms with Crippen molar-refractivity contribution in [1.29, 1.82) is 5.41 Å². The molecule has 0 fully saturated rings. The molecular weight excluding hydrogens is 475 g/mol. The van der Waals surface area contributed by atoms with Crippen molar-refractivity contribution in [1.82, 2.24) is 16.0 Å². The molecule has 0 aliphatic heterocycles. The molecule has 0 saturated heterocycles. The van der Waals surface area contributed by atoms with Gasteiger partial charge < -0.3 is 26.5 Å². The van der Waals surface area contributed by atoms with Gasteiger partial charge in [-0.15, -0.1) is 0 Å². The van der Waals surface area contributed by atoms with Gasteiger partial charge in [0.15, 0.2) is 9.84 Å². The number of hydrogen-bond donors (Lipinski definition) is 5. The molecule has 0 unspecified atom stereocenters. The maximum absolute atomic E-state index is 12.9. The van der Waals surface area contributed by atoms with Crippen LogP contribution in [-0.2, 0) is 21.2 Å². The Hall–Kier alpha value is -2.07. The Kier molecular flexibility index (Phi) is 11.8. The van der Waals surface area contributed by atoms with Crippen molar-refractivity contribution in [2.45, 2.75) is 33.7 Å². The van der Waals surface area contributed by atoms with Gasteiger partial charge in [-0.2, -0.15) is 0 Å². The Morgan fingerprint density at radius 1 is 1.16 bits per heavy atom. The van der Waals surface area contributed by atoms with E-state index in [1.165, 1.54) is 0 Å². The van der Waals surface area contributed by atoms with Crippen molar-refractivity contribution in [3.05, 3.63) is 56.5 Å². The zero-order valence-corrected chi connectivity index (χ0v) is 20.7. The molecule has 0 saturated carbocycles. The highest BCUT2D eigenvalue weighted by molar-refractivity contribution is 7.91. The van der Waals surface area contributed by atoms with E-state index in [2.05, 4.69) is 16.0 Å². The molecule has 0 heterocycles. The molecular formula is C21H30Cl2N4O4S. The molecule has 1 aromatic rings. The van der Waals surface area contributed by atoms with Gasteiger partial charge in [0.25, 0.3) is 5.91 Å². The number of aliphatic hydroxyl groups excluding tert-OH is 1. The summed E-state index contributed by atoms with van der Waals surface area (Å²) in [6, 6.07) is 5.25. The summed E-state index contributed by atoms with van der Waals surface area (Å²) >= 11 is 12.0. The second-order valence-electron chi connectivity index (χ2n) is 7.07. The van der Waals surface area contributed by atoms with Gasteiger partial charge in [0.1, 0.15) is 11.5 Å². The minimum absolute atomic E-state index is 0.0290. The van der Waals surface area contributed by atoms with E-state index in [-0.39, 0.29) is 23.7 Å². The maximum Gasteiger partial charge on any atom is 0.273 e. The molecule has 0 bridgehead atoms. The third-order valence-electron chi connectivity index (χ3n) is 4.60. The lowest BCUT2D eigenvalue weighted by molar-refractivity contribution is -0.117. The lowest BCUT2D eigenvalue weighted by Crippen LogP contribution is -2.38. The van der Waals surface area contributed by atoms with Gasteiger partial charge >= 0.3 is 0 Å². The van der Waals surface area contributed by atoms with E-state index in [4.69, 9.17) is 33.7 Å². The third kappa shape index (κ3) is 9.20. The highest BCUT2D eigenvalue weighted by Gasteiger charge is 2.17. The van der Waals surface area contributed by atoms with Crippen LogP contribution in [0.2, 0.25) is 10.0 Å². The molecule has 0 spiro atoms. The van der Waals surface area contributed by atoms with Gasteiger partial charge in [0, 0.05) is 19.3 Å². The van der Waals surface area contributed by atoms with Gasteiger partial charge in [-0.1, -0.05) is 36.2 Å². The first-order valence-electron chi connectivity index (χ1n) is 10.00. The molecule has 1 amide bonds. The fourth-order valence-corrected chi connectivity index (χ4v) is 3.75. The number of carbonyl (C=O) groups is 1. The zero-order valence-electron chi connectivity index (χ0n) is 18.4. The molecule has 5 N–H and O–H groups in total. The average Bonchev–Trinajstić information content (AvgIpc) is 2.75. The minimum atomic E-state index is -3.44. The Balaban J connectivity index is 2.94. The van der Waals surface area contributed by atoms with Crippen molar-refractivity contribution in [2.75, 3.05) is 24.7 Å². The zero-order chi connectivity index (χ0) is 24.3. The fraction of sp³-hybridized carbons (Fsp3) is 0.429. The lowest BCUT2D eigenvalue weighted by atomic mass is 10.2. The second-order valence-corrected chi connectivity index (χ2v) is 10.2. The van der Waals surface area contributed by atoms with Crippen molar-refractivity contribution in [3.8, 4) is 0 Å². The van der Waals surface area contributed by atoms with Gasteiger partial charge in [0.05, 0.1) is 28.2 Å². The molecule has 11 heteroatoms. The summed E-state index contributed by atoms with van der Waals surface area (Å²) in [5, 5.41) is 26.0. The molecule has 0 radical (unpaired) electrons. The Bertz CT molecular complexity index is 992. The molecule has 0 aromatic heterocycles. The van der Waals surface area contributed by atoms with E-state index in [0.717, 1.165) is 17.4 Å². The molecule has 178 valence electrons. The summed E-state index contributed by atoms with van der Waals surface area (Å²) < 4.78 is 23.6. The number of hydrogen-bond acceptors (Lipinski definition) is 7. The van der Waals surface area contributed by atoms with Crippen LogP contribution in [-0.4, -0.2) is 50.3 Å². The number of nitrogens with one attached hydrogen (secondary N) is 4. The van der Waals surface area contributed by atoms with Crippen molar-refractivity contribution in [2.24, 2.45) is 0 Å². The highest BCUT2D eigenvalue weighted by atomic mass is 35.5. The topological polar surface area (TPSA) is 131 Å². The minimum Gasteiger partial charge on any atom is -0.395 e. The van der Waals surface area contributed by atoms with Crippen LogP contribution in [0.25, 0.3) is 0 Å². The quantitative estimate of drug-likeness (QED) is 0.207. The van der Waals surface area contributed by atoms with E-state index in [1.54, 1.807) is 19.1 Å². The molecule has 8 nitrogen and oxygen atoms in total. The Morgan fingerprint density at radius 3 is 2.41 bits per heavy atom. The number of rotatable bonds is 13. The van der Waals surface area contributed by atoms with Crippen LogP contribution in [0.5, 0.6) is 0 Å². The summed E-state index contributed by atoms with van der Waals surface area (Å²) in [4.78, 5) is 12.9. The average molecular weight is 505 g/mol. The standard InChI is InChI=1S/C21H30Cl2N4O4S/c1-4-14(2)20(26-13-16-5-6-17(22)18(23)11-16)27-21(29)19(15(3)12-24)25-7-9-32(30,31)10-8-28/h5-6,11-12,24-26,28H,4,7-10,13H2,1-3H3,(H,27,29)/b19-15-,20-14-,24-12?. The van der Waals surface area contributed by atoms with Crippen molar-refractivity contribution >= 4 is 45.2 Å². The fourth-order valence-electron chi connectivity index (χ4n) is 2.54. The number of halogens is 2. The van der Waals surface area contributed by atoms with E-state index in [0.29, 0.717) is 34.4 Å². The van der Waals surface area contributed by atoms with Crippen molar-refractivity contribution < 1.29 is 18.3 Å². The van der Waals surface area contributed by atoms with Crippen LogP contribution in [0, 0.1) is 5.41 Å².